The van der Waals surface area contributed by atoms with Crippen LogP contribution in [0, 0.1) is 5.92 Å². The first-order valence-corrected chi connectivity index (χ1v) is 9.22. The maximum absolute atomic E-state index is 12.2. The second kappa shape index (κ2) is 8.32. The first-order valence-electron chi connectivity index (χ1n) is 7.78. The zero-order valence-electron chi connectivity index (χ0n) is 13.4. The Morgan fingerprint density at radius 3 is 2.60 bits per heavy atom. The smallest absolute Gasteiger partial charge is 0.279 e. The van der Waals surface area contributed by atoms with Crippen LogP contribution in [0.15, 0.2) is 0 Å². The molecule has 0 aromatic rings. The second-order valence-electron chi connectivity index (χ2n) is 6.38. The van der Waals surface area contributed by atoms with Crippen molar-refractivity contribution in [2.75, 3.05) is 20.1 Å². The molecule has 0 heterocycles. The molecule has 0 radical (unpaired) electrons. The summed E-state index contributed by atoms with van der Waals surface area (Å²) in [5.74, 6) is 0.622. The Morgan fingerprint density at radius 2 is 2.00 bits per heavy atom. The quantitative estimate of drug-likeness (QED) is 0.671. The summed E-state index contributed by atoms with van der Waals surface area (Å²) in [7, 11) is -1.67. The van der Waals surface area contributed by atoms with Crippen LogP contribution in [-0.2, 0) is 10.2 Å². The summed E-state index contributed by atoms with van der Waals surface area (Å²) in [6, 6.07) is 0.554. The van der Waals surface area contributed by atoms with Crippen LogP contribution in [0.3, 0.4) is 0 Å². The first-order chi connectivity index (χ1) is 9.31. The monoisotopic (exact) mass is 305 g/mol. The molecular formula is C14H31N3O2S. The van der Waals surface area contributed by atoms with Gasteiger partial charge in [0, 0.05) is 25.7 Å². The van der Waals surface area contributed by atoms with Crippen molar-refractivity contribution in [2.45, 2.75) is 65.0 Å². The molecule has 20 heavy (non-hydrogen) atoms. The highest BCUT2D eigenvalue weighted by Gasteiger charge is 2.25. The van der Waals surface area contributed by atoms with E-state index in [0.717, 1.165) is 32.2 Å². The molecule has 2 unspecified atom stereocenters. The van der Waals surface area contributed by atoms with Gasteiger partial charge in [-0.05, 0) is 31.7 Å². The normalized spacial score (nSPS) is 24.5. The lowest BCUT2D eigenvalue weighted by atomic mass is 9.88. The topological polar surface area (TPSA) is 61.4 Å². The van der Waals surface area contributed by atoms with E-state index in [2.05, 4.69) is 30.8 Å². The minimum atomic E-state index is -3.33. The van der Waals surface area contributed by atoms with Gasteiger partial charge in [-0.25, -0.2) is 0 Å². The van der Waals surface area contributed by atoms with Crippen molar-refractivity contribution in [1.29, 1.82) is 0 Å². The fourth-order valence-corrected chi connectivity index (χ4v) is 3.84. The zero-order valence-corrected chi connectivity index (χ0v) is 14.2. The molecule has 120 valence electrons. The number of hydrogen-bond acceptors (Lipinski definition) is 3. The van der Waals surface area contributed by atoms with Crippen molar-refractivity contribution >= 4 is 10.2 Å². The number of rotatable bonds is 8. The molecule has 0 saturated heterocycles. The van der Waals surface area contributed by atoms with Gasteiger partial charge in [0.1, 0.15) is 0 Å². The molecule has 0 aromatic carbocycles. The van der Waals surface area contributed by atoms with Gasteiger partial charge in [0.25, 0.3) is 10.2 Å². The van der Waals surface area contributed by atoms with E-state index < -0.39 is 10.2 Å². The molecule has 5 nitrogen and oxygen atoms in total. The summed E-state index contributed by atoms with van der Waals surface area (Å²) in [5.41, 5.74) is 0. The summed E-state index contributed by atoms with van der Waals surface area (Å²) >= 11 is 0. The van der Waals surface area contributed by atoms with Gasteiger partial charge in [0.15, 0.2) is 0 Å². The Bertz CT molecular complexity index is 371. The van der Waals surface area contributed by atoms with Crippen LogP contribution < -0.4 is 10.0 Å². The zero-order chi connectivity index (χ0) is 15.2. The maximum atomic E-state index is 12.2. The van der Waals surface area contributed by atoms with E-state index in [0.29, 0.717) is 18.5 Å². The predicted octanol–water partition coefficient (Wildman–Crippen LogP) is 1.72. The van der Waals surface area contributed by atoms with E-state index >= 15 is 0 Å². The van der Waals surface area contributed by atoms with Crippen molar-refractivity contribution in [2.24, 2.45) is 5.92 Å². The molecule has 0 spiro atoms. The lowest BCUT2D eigenvalue weighted by Crippen LogP contribution is -2.45. The van der Waals surface area contributed by atoms with Gasteiger partial charge in [-0.1, -0.05) is 33.6 Å². The van der Waals surface area contributed by atoms with E-state index in [1.54, 1.807) is 7.05 Å². The lowest BCUT2D eigenvalue weighted by Gasteiger charge is -2.29. The fraction of sp³-hybridized carbons (Fsp3) is 1.00. The third kappa shape index (κ3) is 6.52. The van der Waals surface area contributed by atoms with Crippen LogP contribution in [0.2, 0.25) is 0 Å². The van der Waals surface area contributed by atoms with Gasteiger partial charge >= 0.3 is 0 Å². The average Bonchev–Trinajstić information content (AvgIpc) is 2.33. The molecule has 1 fully saturated rings. The summed E-state index contributed by atoms with van der Waals surface area (Å²) in [5, 5.41) is 3.30. The van der Waals surface area contributed by atoms with Crippen molar-refractivity contribution in [3.05, 3.63) is 0 Å². The molecule has 0 aliphatic heterocycles. The van der Waals surface area contributed by atoms with E-state index in [9.17, 15) is 8.42 Å². The Kier molecular flexibility index (Phi) is 7.43. The second-order valence-corrected chi connectivity index (χ2v) is 8.18. The molecule has 1 aliphatic rings. The van der Waals surface area contributed by atoms with Crippen molar-refractivity contribution in [3.8, 4) is 0 Å². The molecular weight excluding hydrogens is 274 g/mol. The van der Waals surface area contributed by atoms with E-state index in [-0.39, 0.29) is 6.04 Å². The van der Waals surface area contributed by atoms with Crippen molar-refractivity contribution in [3.63, 3.8) is 0 Å². The number of hydrogen-bond donors (Lipinski definition) is 2. The van der Waals surface area contributed by atoms with Crippen LogP contribution in [0.1, 0.15) is 52.9 Å². The average molecular weight is 305 g/mol. The van der Waals surface area contributed by atoms with Crippen LogP contribution in [0.25, 0.3) is 0 Å². The van der Waals surface area contributed by atoms with Crippen LogP contribution in [0.4, 0.5) is 0 Å². The largest absolute Gasteiger partial charge is 0.314 e. The number of nitrogens with one attached hydrogen (secondary N) is 2. The molecule has 6 heteroatoms. The molecule has 0 aromatic heterocycles. The molecule has 1 aliphatic carbocycles. The molecule has 1 saturated carbocycles. The fourth-order valence-electron chi connectivity index (χ4n) is 2.65. The highest BCUT2D eigenvalue weighted by Crippen LogP contribution is 2.24. The van der Waals surface area contributed by atoms with Crippen LogP contribution >= 0.6 is 0 Å². The number of nitrogens with zero attached hydrogens (tertiary/aromatic N) is 1. The highest BCUT2D eigenvalue weighted by molar-refractivity contribution is 7.87. The van der Waals surface area contributed by atoms with Gasteiger partial charge in [-0.3, -0.25) is 0 Å². The van der Waals surface area contributed by atoms with Gasteiger partial charge < -0.3 is 5.32 Å². The van der Waals surface area contributed by atoms with Crippen LogP contribution in [-0.4, -0.2) is 44.9 Å². The van der Waals surface area contributed by atoms with Crippen LogP contribution in [0.5, 0.6) is 0 Å². The Balaban J connectivity index is 2.34. The Hall–Kier alpha value is -0.170. The van der Waals surface area contributed by atoms with Gasteiger partial charge in [0.05, 0.1) is 0 Å². The summed E-state index contributed by atoms with van der Waals surface area (Å²) in [6.07, 6.45) is 5.09. The van der Waals surface area contributed by atoms with Gasteiger partial charge in [0.2, 0.25) is 0 Å². The molecule has 2 N–H and O–H groups in total. The van der Waals surface area contributed by atoms with Gasteiger partial charge in [-0.2, -0.15) is 17.4 Å². The molecule has 0 bridgehead atoms. The van der Waals surface area contributed by atoms with E-state index in [4.69, 9.17) is 0 Å². The lowest BCUT2D eigenvalue weighted by molar-refractivity contribution is 0.321. The Morgan fingerprint density at radius 1 is 1.30 bits per heavy atom. The third-order valence-electron chi connectivity index (χ3n) is 3.86. The summed E-state index contributed by atoms with van der Waals surface area (Å²) < 4.78 is 28.7. The molecule has 0 amide bonds. The standard InChI is InChI=1S/C14H31N3O2S/c1-12(2)15-9-6-10-17(4)20(18,19)16-14-8-5-7-13(3)11-14/h12-16H,5-11H2,1-4H3. The minimum absolute atomic E-state index is 0.111. The highest BCUT2D eigenvalue weighted by atomic mass is 32.2. The maximum Gasteiger partial charge on any atom is 0.279 e. The molecule has 1 rings (SSSR count). The first kappa shape index (κ1) is 17.9. The van der Waals surface area contributed by atoms with E-state index in [1.165, 1.54) is 10.7 Å². The van der Waals surface area contributed by atoms with Crippen molar-refractivity contribution < 1.29 is 8.42 Å². The van der Waals surface area contributed by atoms with E-state index in [1.807, 2.05) is 0 Å². The Labute approximate surface area is 124 Å². The summed E-state index contributed by atoms with van der Waals surface area (Å²) in [6.45, 7) is 7.77. The SMILES string of the molecule is CC1CCCC(NS(=O)(=O)N(C)CCCNC(C)C)C1. The molecule has 2 atom stereocenters. The predicted molar refractivity (Wildman–Crippen MR) is 83.9 cm³/mol. The third-order valence-corrected chi connectivity index (χ3v) is 5.50. The van der Waals surface area contributed by atoms with Gasteiger partial charge in [-0.15, -0.1) is 0 Å². The minimum Gasteiger partial charge on any atom is -0.314 e. The van der Waals surface area contributed by atoms with Crippen molar-refractivity contribution in [1.82, 2.24) is 14.3 Å². The summed E-state index contributed by atoms with van der Waals surface area (Å²) in [4.78, 5) is 0.